The van der Waals surface area contributed by atoms with Gasteiger partial charge in [0.2, 0.25) is 15.4 Å². The van der Waals surface area contributed by atoms with Crippen molar-refractivity contribution in [1.82, 2.24) is 28.1 Å². The van der Waals surface area contributed by atoms with E-state index in [2.05, 4.69) is 28.1 Å². The topological polar surface area (TPSA) is 274 Å². The molecule has 0 atom stereocenters. The molecule has 0 unspecified atom stereocenters. The fourth-order valence-electron chi connectivity index (χ4n) is 8.74. The van der Waals surface area contributed by atoms with Crippen molar-refractivity contribution in [2.75, 3.05) is 41.8 Å². The Morgan fingerprint density at radius 2 is 0.816 bits per heavy atom. The molecule has 22 nitrogen and oxygen atoms in total. The second-order valence-corrected chi connectivity index (χ2v) is 29.3. The molecule has 0 fully saturated rings. The van der Waals surface area contributed by atoms with Gasteiger partial charge in [-0.3, -0.25) is 4.72 Å². The molecule has 0 amide bonds. The molecule has 0 spiro atoms. The fourth-order valence-corrected chi connectivity index (χ4v) is 15.7. The number of ether oxygens (including phenoxy) is 6. The van der Waals surface area contributed by atoms with Crippen molar-refractivity contribution < 1.29 is 89.5 Å². The van der Waals surface area contributed by atoms with Gasteiger partial charge in [0.25, 0.3) is 30.1 Å². The first kappa shape index (κ1) is 82.6. The standard InChI is InChI=1S/C24H20ClF2N3O5S2.C17H14F3N3O4S2.C15H10ClF2N3O3S2.C7H7ClO.2CH4/c1-14-6-16(25)8-18(7-14)35-22-10-20(27)23(11-19(22)26)37(31,32)30(24-28-13-29-36-24)12-15-4-5-17(33-2)9-21(15)34-3;1-26-11-4-3-10(15(5-11)27-2)8-23(17-21-9-22-28-17)29(24,25)16-7-13(19)12(18)6-14(16)20;1-8-2-9(16)4-10(3-8)24-13-5-12(18)14(6-11(13)17)26(22,23)21-15-19-7-20-25-15;1-5-2-6(8)4-7(9)3-5;;/h4-11,13H,12H2,1-3H3;3-7,9H,8H2,1-2H3;2-7H,1H3,(H,19,20,21);2-4,9H,1H3;2*1H4. The van der Waals surface area contributed by atoms with Gasteiger partial charge in [0.15, 0.2) is 34.8 Å². The summed E-state index contributed by atoms with van der Waals surface area (Å²) in [5.41, 5.74) is 3.30. The Bertz CT molecular complexity index is 5020. The number of nitrogens with one attached hydrogen (secondary N) is 1. The van der Waals surface area contributed by atoms with Crippen molar-refractivity contribution >= 4 is 115 Å². The lowest BCUT2D eigenvalue weighted by Crippen LogP contribution is -2.31. The highest BCUT2D eigenvalue weighted by Gasteiger charge is 2.35. The Labute approximate surface area is 615 Å². The van der Waals surface area contributed by atoms with Crippen molar-refractivity contribution in [2.24, 2.45) is 0 Å². The summed E-state index contributed by atoms with van der Waals surface area (Å²) in [5.74, 6) is -7.76. The molecule has 3 heterocycles. The number of hydrogen-bond donors (Lipinski definition) is 2. The highest BCUT2D eigenvalue weighted by Crippen LogP contribution is 2.38. The largest absolute Gasteiger partial charge is 0.508 e. The maximum absolute atomic E-state index is 15.2. The van der Waals surface area contributed by atoms with Crippen LogP contribution in [0.5, 0.6) is 51.7 Å². The van der Waals surface area contributed by atoms with E-state index >= 15 is 8.78 Å². The predicted octanol–water partition coefficient (Wildman–Crippen LogP) is 17.3. The van der Waals surface area contributed by atoms with E-state index in [0.717, 1.165) is 78.9 Å². The number of nitrogens with zero attached hydrogens (tertiary/aromatic N) is 8. The number of anilines is 3. The summed E-state index contributed by atoms with van der Waals surface area (Å²) in [7, 11) is -7.96. The number of sulfonamides is 3. The molecule has 2 N–H and O–H groups in total. The maximum atomic E-state index is 15.2. The van der Waals surface area contributed by atoms with Crippen molar-refractivity contribution in [3.63, 3.8) is 0 Å². The molecule has 3 aromatic heterocycles. The zero-order valence-electron chi connectivity index (χ0n) is 52.9. The van der Waals surface area contributed by atoms with Crippen LogP contribution >= 0.6 is 69.4 Å². The number of aromatic hydroxyl groups is 1. The third kappa shape index (κ3) is 21.4. The second kappa shape index (κ2) is 36.2. The highest BCUT2D eigenvalue weighted by atomic mass is 35.5. The molecule has 0 saturated heterocycles. The molecule has 38 heteroatoms. The molecular weight excluding hydrogens is 1550 g/mol. The third-order valence-electron chi connectivity index (χ3n) is 13.2. The fraction of sp³-hybridized carbons (Fsp3) is 0.169. The number of phenolic OH excluding ortho intramolecular Hbond substituents is 1. The number of methoxy groups -OCH3 is 4. The van der Waals surface area contributed by atoms with Gasteiger partial charge in [0.05, 0.1) is 41.5 Å². The van der Waals surface area contributed by atoms with Gasteiger partial charge < -0.3 is 33.5 Å². The lowest BCUT2D eigenvalue weighted by atomic mass is 10.2. The molecule has 548 valence electrons. The normalized spacial score (nSPS) is 11.0. The van der Waals surface area contributed by atoms with Crippen LogP contribution in [0.25, 0.3) is 0 Å². The summed E-state index contributed by atoms with van der Waals surface area (Å²) in [5, 5.41) is 9.98. The van der Waals surface area contributed by atoms with E-state index in [1.54, 1.807) is 86.6 Å². The zero-order chi connectivity index (χ0) is 73.7. The summed E-state index contributed by atoms with van der Waals surface area (Å²) < 4.78 is 224. The molecule has 0 aliphatic heterocycles. The van der Waals surface area contributed by atoms with Crippen molar-refractivity contribution in [1.29, 1.82) is 0 Å². The SMILES string of the molecule is C.C.COc1ccc(CN(c2ncns2)S(=O)(=O)c2cc(F)c(F)cc2F)c(OC)c1.COc1ccc(CN(c2ncns2)S(=O)(=O)c2cc(F)c(Oc3cc(C)cc(Cl)c3)cc2F)c(OC)c1.Cc1cc(Cl)cc(Oc2cc(F)c(S(=O)(=O)Nc3ncns3)cc2F)c1.Cc1cc(O)cc(Cl)c1. The number of aromatic nitrogens is 6. The molecule has 0 radical (unpaired) electrons. The molecule has 11 rings (SSSR count). The van der Waals surface area contributed by atoms with Gasteiger partial charge in [0, 0.05) is 109 Å². The van der Waals surface area contributed by atoms with Gasteiger partial charge in [-0.25, -0.2) is 79.5 Å². The Hall–Kier alpha value is -9.33. The van der Waals surface area contributed by atoms with Crippen LogP contribution in [0.15, 0.2) is 161 Å². The Morgan fingerprint density at radius 3 is 1.20 bits per heavy atom. The van der Waals surface area contributed by atoms with Gasteiger partial charge >= 0.3 is 0 Å². The van der Waals surface area contributed by atoms with Crippen LogP contribution < -0.4 is 41.8 Å². The van der Waals surface area contributed by atoms with E-state index in [1.807, 2.05) is 11.6 Å². The van der Waals surface area contributed by atoms with Gasteiger partial charge in [-0.05, 0) is 116 Å². The average Bonchev–Trinajstić information content (AvgIpc) is 1.59. The van der Waals surface area contributed by atoms with E-state index in [4.69, 9.17) is 68.3 Å². The van der Waals surface area contributed by atoms with Crippen molar-refractivity contribution in [2.45, 2.75) is 63.4 Å². The first-order valence-corrected chi connectivity index (χ1v) is 35.9. The lowest BCUT2D eigenvalue weighted by molar-refractivity contribution is 0.391. The number of hydrogen-bond acceptors (Lipinski definition) is 22. The van der Waals surface area contributed by atoms with Crippen LogP contribution in [0.2, 0.25) is 15.1 Å². The molecule has 0 saturated carbocycles. The number of aryl methyl sites for hydroxylation is 3. The van der Waals surface area contributed by atoms with E-state index in [-0.39, 0.29) is 66.7 Å². The van der Waals surface area contributed by atoms with E-state index < -0.39 is 97.0 Å². The number of halogens is 10. The van der Waals surface area contributed by atoms with Crippen molar-refractivity contribution in [3.05, 3.63) is 230 Å². The van der Waals surface area contributed by atoms with Crippen LogP contribution in [0.4, 0.5) is 46.1 Å². The summed E-state index contributed by atoms with van der Waals surface area (Å²) >= 11 is 19.8. The van der Waals surface area contributed by atoms with Crippen LogP contribution in [0.1, 0.15) is 42.7 Å². The Kier molecular flexibility index (Phi) is 29.0. The lowest BCUT2D eigenvalue weighted by Gasteiger charge is -2.23. The van der Waals surface area contributed by atoms with E-state index in [9.17, 15) is 47.2 Å². The quantitative estimate of drug-likeness (QED) is 0.0499. The van der Waals surface area contributed by atoms with Crippen molar-refractivity contribution in [3.8, 4) is 51.7 Å². The predicted molar refractivity (Wildman–Crippen MR) is 379 cm³/mol. The summed E-state index contributed by atoms with van der Waals surface area (Å²) in [6.07, 6.45) is 3.41. The summed E-state index contributed by atoms with van der Waals surface area (Å²) in [6.45, 7) is 4.76. The molecule has 0 aliphatic rings. The van der Waals surface area contributed by atoms with E-state index in [0.29, 0.717) is 79.5 Å². The molecule has 0 aliphatic carbocycles. The van der Waals surface area contributed by atoms with Crippen LogP contribution in [-0.4, -0.2) is 86.9 Å². The average molecular weight is 1610 g/mol. The number of rotatable bonds is 21. The minimum atomic E-state index is -4.66. The molecule has 103 heavy (non-hydrogen) atoms. The third-order valence-corrected chi connectivity index (χ3v) is 21.0. The van der Waals surface area contributed by atoms with Crippen LogP contribution in [-0.2, 0) is 43.2 Å². The van der Waals surface area contributed by atoms with Gasteiger partial charge in [0.1, 0.15) is 91.4 Å². The maximum Gasteiger partial charge on any atom is 0.269 e. The minimum Gasteiger partial charge on any atom is -0.508 e. The summed E-state index contributed by atoms with van der Waals surface area (Å²) in [6, 6.07) is 26.7. The monoisotopic (exact) mass is 1600 g/mol. The molecular formula is C65H59Cl3F7N9O13S6. The number of benzene rings is 8. The smallest absolute Gasteiger partial charge is 0.269 e. The first-order valence-electron chi connectivity index (χ1n) is 28.1. The first-order chi connectivity index (χ1) is 47.8. The molecule has 11 aromatic rings. The highest BCUT2D eigenvalue weighted by molar-refractivity contribution is 7.93. The minimum absolute atomic E-state index is 0. The molecule has 8 aromatic carbocycles. The Balaban J connectivity index is 0.000000229. The second-order valence-electron chi connectivity index (χ2n) is 20.4. The van der Waals surface area contributed by atoms with Gasteiger partial charge in [-0.1, -0.05) is 49.7 Å². The number of phenols is 1. The van der Waals surface area contributed by atoms with E-state index in [1.165, 1.54) is 46.6 Å². The Morgan fingerprint density at radius 1 is 0.427 bits per heavy atom. The van der Waals surface area contributed by atoms with Gasteiger partial charge in [-0.2, -0.15) is 13.1 Å². The molecule has 0 bridgehead atoms. The zero-order valence-corrected chi connectivity index (χ0v) is 60.1. The summed E-state index contributed by atoms with van der Waals surface area (Å²) in [4.78, 5) is 8.66. The van der Waals surface area contributed by atoms with Crippen LogP contribution in [0.3, 0.4) is 0 Å². The van der Waals surface area contributed by atoms with Gasteiger partial charge in [-0.15, -0.1) is 0 Å². The van der Waals surface area contributed by atoms with Crippen LogP contribution in [0, 0.1) is 61.5 Å².